The molecule has 5 heteroatoms. The van der Waals surface area contributed by atoms with Gasteiger partial charge in [-0.05, 0) is 38.0 Å². The molecule has 2 atom stereocenters. The van der Waals surface area contributed by atoms with Gasteiger partial charge < -0.3 is 9.84 Å². The Kier molecular flexibility index (Phi) is 4.78. The molecule has 1 aromatic heterocycles. The smallest absolute Gasteiger partial charge is 0.225 e. The number of nitrogens with zero attached hydrogens (tertiary/aromatic N) is 2. The molecule has 0 aliphatic heterocycles. The van der Waals surface area contributed by atoms with Crippen molar-refractivity contribution in [3.05, 3.63) is 23.4 Å². The van der Waals surface area contributed by atoms with E-state index in [1.807, 2.05) is 0 Å². The Morgan fingerprint density at radius 2 is 1.84 bits per heavy atom. The minimum absolute atomic E-state index is 0.0143. The quantitative estimate of drug-likeness (QED) is 0.653. The van der Waals surface area contributed by atoms with Gasteiger partial charge in [-0.1, -0.05) is 56.3 Å². The minimum Gasteiger partial charge on any atom is -0.343 e. The van der Waals surface area contributed by atoms with Crippen LogP contribution < -0.4 is 5.32 Å². The van der Waals surface area contributed by atoms with Crippen molar-refractivity contribution in [3.8, 4) is 0 Å². The molecular weight excluding hydrogens is 314 g/mol. The van der Waals surface area contributed by atoms with E-state index in [0.717, 1.165) is 25.7 Å². The maximum absolute atomic E-state index is 13.2. The summed E-state index contributed by atoms with van der Waals surface area (Å²) in [6, 6.07) is 0. The van der Waals surface area contributed by atoms with Gasteiger partial charge in [-0.2, -0.15) is 4.98 Å². The molecule has 1 heterocycles. The normalized spacial score (nSPS) is 27.2. The predicted octanol–water partition coefficient (Wildman–Crippen LogP) is 4.28. The molecule has 25 heavy (non-hydrogen) atoms. The molecule has 1 N–H and O–H groups in total. The van der Waals surface area contributed by atoms with Crippen molar-refractivity contribution in [1.82, 2.24) is 15.5 Å². The monoisotopic (exact) mass is 345 g/mol. The zero-order chi connectivity index (χ0) is 18.2. The number of allylic oxidation sites excluding steroid dienone is 2. The molecule has 2 aliphatic carbocycles. The SMILES string of the molecule is CC(C)=C[C@H]1[C@@H](C(=O)NC2(c3noc(C)n3)CCCCCC2)C1(C)C. The molecule has 3 rings (SSSR count). The molecule has 0 unspecified atom stereocenters. The van der Waals surface area contributed by atoms with E-state index in [9.17, 15) is 4.79 Å². The van der Waals surface area contributed by atoms with E-state index in [1.54, 1.807) is 6.92 Å². The Labute approximate surface area is 150 Å². The van der Waals surface area contributed by atoms with Crippen molar-refractivity contribution in [2.45, 2.75) is 78.7 Å². The fourth-order valence-corrected chi connectivity index (χ4v) is 4.39. The summed E-state index contributed by atoms with van der Waals surface area (Å²) in [5, 5.41) is 7.55. The maximum atomic E-state index is 13.2. The van der Waals surface area contributed by atoms with Gasteiger partial charge in [0.1, 0.15) is 5.54 Å². The molecule has 1 aromatic rings. The number of carbonyl (C=O) groups excluding carboxylic acids is 1. The summed E-state index contributed by atoms with van der Waals surface area (Å²) in [6.45, 7) is 10.4. The van der Waals surface area contributed by atoms with Crippen LogP contribution in [0.5, 0.6) is 0 Å². The average Bonchev–Trinajstić information content (AvgIpc) is 2.90. The van der Waals surface area contributed by atoms with E-state index in [-0.39, 0.29) is 17.2 Å². The van der Waals surface area contributed by atoms with Crippen LogP contribution in [0.4, 0.5) is 0 Å². The largest absolute Gasteiger partial charge is 0.343 e. The van der Waals surface area contributed by atoms with Gasteiger partial charge in [-0.25, -0.2) is 0 Å². The third-order valence-corrected chi connectivity index (χ3v) is 5.98. The van der Waals surface area contributed by atoms with E-state index >= 15 is 0 Å². The summed E-state index contributed by atoms with van der Waals surface area (Å²) in [7, 11) is 0. The Hall–Kier alpha value is -1.65. The van der Waals surface area contributed by atoms with Crippen molar-refractivity contribution < 1.29 is 9.32 Å². The first-order valence-corrected chi connectivity index (χ1v) is 9.54. The zero-order valence-electron chi connectivity index (χ0n) is 16.2. The highest BCUT2D eigenvalue weighted by Crippen LogP contribution is 2.59. The topological polar surface area (TPSA) is 68.0 Å². The van der Waals surface area contributed by atoms with Crippen molar-refractivity contribution in [2.75, 3.05) is 0 Å². The summed E-state index contributed by atoms with van der Waals surface area (Å²) in [6.07, 6.45) is 8.57. The first-order chi connectivity index (χ1) is 11.8. The predicted molar refractivity (Wildman–Crippen MR) is 96.7 cm³/mol. The van der Waals surface area contributed by atoms with Gasteiger partial charge in [0, 0.05) is 6.92 Å². The Morgan fingerprint density at radius 3 is 2.36 bits per heavy atom. The third kappa shape index (κ3) is 3.51. The summed E-state index contributed by atoms with van der Waals surface area (Å²) >= 11 is 0. The number of aryl methyl sites for hydroxylation is 1. The molecule has 0 radical (unpaired) electrons. The number of nitrogens with one attached hydrogen (secondary N) is 1. The van der Waals surface area contributed by atoms with Crippen LogP contribution in [0.15, 0.2) is 16.2 Å². The van der Waals surface area contributed by atoms with Gasteiger partial charge in [0.25, 0.3) is 0 Å². The lowest BCUT2D eigenvalue weighted by Crippen LogP contribution is -2.47. The third-order valence-electron chi connectivity index (χ3n) is 5.98. The molecule has 0 spiro atoms. The maximum Gasteiger partial charge on any atom is 0.225 e. The first-order valence-electron chi connectivity index (χ1n) is 9.54. The number of aromatic nitrogens is 2. The highest BCUT2D eigenvalue weighted by atomic mass is 16.5. The highest BCUT2D eigenvalue weighted by Gasteiger charge is 2.61. The van der Waals surface area contributed by atoms with Gasteiger partial charge in [-0.15, -0.1) is 0 Å². The van der Waals surface area contributed by atoms with Crippen LogP contribution in [-0.2, 0) is 10.3 Å². The van der Waals surface area contributed by atoms with E-state index in [0.29, 0.717) is 17.6 Å². The van der Waals surface area contributed by atoms with Gasteiger partial charge in [-0.3, -0.25) is 4.79 Å². The standard InChI is InChI=1S/C20H31N3O2/c1-13(2)12-15-16(19(15,4)5)17(24)22-20(10-8-6-7-9-11-20)18-21-14(3)25-23-18/h12,15-16H,6-11H2,1-5H3,(H,22,24)/t15-,16-/m0/s1. The number of rotatable bonds is 4. The molecule has 0 saturated heterocycles. The molecule has 0 bridgehead atoms. The van der Waals surface area contributed by atoms with Gasteiger partial charge in [0.15, 0.2) is 5.82 Å². The van der Waals surface area contributed by atoms with Crippen molar-refractivity contribution in [2.24, 2.45) is 17.3 Å². The lowest BCUT2D eigenvalue weighted by molar-refractivity contribution is -0.125. The molecule has 1 amide bonds. The summed E-state index contributed by atoms with van der Waals surface area (Å²) in [5.74, 6) is 1.68. The van der Waals surface area contributed by atoms with E-state index in [4.69, 9.17) is 4.52 Å². The van der Waals surface area contributed by atoms with Crippen LogP contribution in [0, 0.1) is 24.2 Å². The minimum atomic E-state index is -0.473. The molecule has 2 aliphatic rings. The van der Waals surface area contributed by atoms with E-state index in [1.165, 1.54) is 18.4 Å². The van der Waals surface area contributed by atoms with Crippen LogP contribution in [0.25, 0.3) is 0 Å². The fraction of sp³-hybridized carbons (Fsp3) is 0.750. The second-order valence-corrected chi connectivity index (χ2v) is 8.69. The number of hydrogen-bond acceptors (Lipinski definition) is 4. The second kappa shape index (κ2) is 6.58. The summed E-state index contributed by atoms with van der Waals surface area (Å²) in [5.41, 5.74) is 0.811. The fourth-order valence-electron chi connectivity index (χ4n) is 4.39. The van der Waals surface area contributed by atoms with Gasteiger partial charge >= 0.3 is 0 Å². The lowest BCUT2D eigenvalue weighted by atomic mass is 9.88. The molecular formula is C20H31N3O2. The lowest BCUT2D eigenvalue weighted by Gasteiger charge is -2.31. The van der Waals surface area contributed by atoms with Crippen molar-refractivity contribution in [1.29, 1.82) is 0 Å². The number of hydrogen-bond donors (Lipinski definition) is 1. The van der Waals surface area contributed by atoms with Crippen LogP contribution in [0.3, 0.4) is 0 Å². The summed E-state index contributed by atoms with van der Waals surface area (Å²) < 4.78 is 5.23. The molecule has 2 saturated carbocycles. The highest BCUT2D eigenvalue weighted by molar-refractivity contribution is 5.84. The van der Waals surface area contributed by atoms with E-state index < -0.39 is 5.54 Å². The molecule has 0 aromatic carbocycles. The second-order valence-electron chi connectivity index (χ2n) is 8.69. The number of carbonyl (C=O) groups is 1. The van der Waals surface area contributed by atoms with Crippen LogP contribution in [-0.4, -0.2) is 16.0 Å². The molecule has 2 fully saturated rings. The summed E-state index contributed by atoms with van der Waals surface area (Å²) in [4.78, 5) is 17.6. The van der Waals surface area contributed by atoms with Crippen molar-refractivity contribution >= 4 is 5.91 Å². The Morgan fingerprint density at radius 1 is 1.20 bits per heavy atom. The molecule has 138 valence electrons. The zero-order valence-corrected chi connectivity index (χ0v) is 16.2. The first kappa shape index (κ1) is 18.2. The molecule has 5 nitrogen and oxygen atoms in total. The Bertz CT molecular complexity index is 662. The number of amides is 1. The van der Waals surface area contributed by atoms with Crippen LogP contribution in [0.1, 0.15) is 77.9 Å². The van der Waals surface area contributed by atoms with Crippen LogP contribution >= 0.6 is 0 Å². The Balaban J connectivity index is 1.84. The van der Waals surface area contributed by atoms with Gasteiger partial charge in [0.2, 0.25) is 11.8 Å². The van der Waals surface area contributed by atoms with Crippen molar-refractivity contribution in [3.63, 3.8) is 0 Å². The average molecular weight is 345 g/mol. The van der Waals surface area contributed by atoms with E-state index in [2.05, 4.69) is 49.2 Å². The van der Waals surface area contributed by atoms with Crippen LogP contribution in [0.2, 0.25) is 0 Å². The van der Waals surface area contributed by atoms with Gasteiger partial charge in [0.05, 0.1) is 5.92 Å².